The Balaban J connectivity index is 1.03. The predicted molar refractivity (Wildman–Crippen MR) is 183 cm³/mol. The summed E-state index contributed by atoms with van der Waals surface area (Å²) >= 11 is 0. The number of anilines is 1. The minimum Gasteiger partial charge on any atom is -0.493 e. The molecule has 3 aromatic carbocycles. The fourth-order valence-corrected chi connectivity index (χ4v) is 5.59. The van der Waals surface area contributed by atoms with Crippen LogP contribution in [0.5, 0.6) is 23.0 Å². The smallest absolute Gasteiger partial charge is 0.294 e. The average molecular weight is 643 g/mol. The molecule has 1 saturated heterocycles. The third kappa shape index (κ3) is 7.02. The normalized spacial score (nSPS) is 13.4. The van der Waals surface area contributed by atoms with Gasteiger partial charge in [-0.15, -0.1) is 0 Å². The Morgan fingerprint density at radius 2 is 1.69 bits per heavy atom. The summed E-state index contributed by atoms with van der Waals surface area (Å²) in [6.07, 6.45) is 4.12. The number of hydrogen-bond acceptors (Lipinski definition) is 10. The Kier molecular flexibility index (Phi) is 9.30. The van der Waals surface area contributed by atoms with Gasteiger partial charge in [-0.25, -0.2) is 15.0 Å². The van der Waals surface area contributed by atoms with Gasteiger partial charge in [0.1, 0.15) is 17.3 Å². The van der Waals surface area contributed by atoms with Crippen LogP contribution in [0.4, 0.5) is 5.82 Å². The molecule has 0 bridgehead atoms. The van der Waals surface area contributed by atoms with Gasteiger partial charge in [0.25, 0.3) is 5.91 Å². The van der Waals surface area contributed by atoms with Crippen LogP contribution >= 0.6 is 0 Å². The van der Waals surface area contributed by atoms with E-state index in [0.717, 1.165) is 55.6 Å². The second-order valence-electron chi connectivity index (χ2n) is 11.2. The van der Waals surface area contributed by atoms with E-state index < -0.39 is 5.91 Å². The number of ether oxygens (including phenoxy) is 4. The molecule has 242 valence electrons. The number of nitrogens with one attached hydrogen (secondary N) is 1. The maximum Gasteiger partial charge on any atom is 0.294 e. The highest BCUT2D eigenvalue weighted by atomic mass is 16.5. The number of carbonyl (C=O) groups excluding carboxylic acids is 1. The highest BCUT2D eigenvalue weighted by molar-refractivity contribution is 6.04. The van der Waals surface area contributed by atoms with Crippen molar-refractivity contribution >= 4 is 33.5 Å². The Morgan fingerprint density at radius 3 is 2.50 bits per heavy atom. The molecule has 0 radical (unpaired) electrons. The van der Waals surface area contributed by atoms with Crippen LogP contribution in [0.25, 0.3) is 33.1 Å². The SMILES string of the molecule is COc1cc2c(Oc3ccc(NC(=O)c4nc(-c5ccccc5)c5ccccc5n4)nc3)ccnc2cc1OCCCN1CCOCC1. The van der Waals surface area contributed by atoms with Crippen LogP contribution in [-0.2, 0) is 4.74 Å². The molecule has 0 atom stereocenters. The first-order valence-corrected chi connectivity index (χ1v) is 15.8. The fraction of sp³-hybridized carbons (Fsp3) is 0.216. The van der Waals surface area contributed by atoms with Crippen LogP contribution < -0.4 is 19.5 Å². The molecule has 7 rings (SSSR count). The van der Waals surface area contributed by atoms with E-state index in [1.807, 2.05) is 66.7 Å². The summed E-state index contributed by atoms with van der Waals surface area (Å²) < 4.78 is 23.4. The van der Waals surface area contributed by atoms with E-state index in [-0.39, 0.29) is 5.82 Å². The van der Waals surface area contributed by atoms with Crippen LogP contribution in [0.3, 0.4) is 0 Å². The molecule has 0 unspecified atom stereocenters. The number of pyridine rings is 2. The Morgan fingerprint density at radius 1 is 0.854 bits per heavy atom. The molecule has 48 heavy (non-hydrogen) atoms. The number of para-hydroxylation sites is 1. The van der Waals surface area contributed by atoms with Gasteiger partial charge >= 0.3 is 0 Å². The number of morpholine rings is 1. The zero-order valence-corrected chi connectivity index (χ0v) is 26.5. The topological polar surface area (TPSA) is 121 Å². The summed E-state index contributed by atoms with van der Waals surface area (Å²) in [6, 6.07) is 26.3. The summed E-state index contributed by atoms with van der Waals surface area (Å²) in [5, 5.41) is 4.43. The molecule has 6 aromatic rings. The highest BCUT2D eigenvalue weighted by Gasteiger charge is 2.17. The molecular formula is C37H34N6O5. The van der Waals surface area contributed by atoms with Crippen molar-refractivity contribution in [1.82, 2.24) is 24.8 Å². The Bertz CT molecular complexity index is 2040. The summed E-state index contributed by atoms with van der Waals surface area (Å²) in [5.74, 6) is 2.20. The molecular weight excluding hydrogens is 608 g/mol. The van der Waals surface area contributed by atoms with Gasteiger partial charge in [-0.1, -0.05) is 48.5 Å². The Labute approximate surface area is 277 Å². The van der Waals surface area contributed by atoms with Gasteiger partial charge in [0, 0.05) is 48.2 Å². The molecule has 1 aliphatic rings. The zero-order chi connectivity index (χ0) is 32.7. The number of amides is 1. The van der Waals surface area contributed by atoms with Gasteiger partial charge in [0.05, 0.1) is 49.9 Å². The molecule has 3 aromatic heterocycles. The van der Waals surface area contributed by atoms with Gasteiger partial charge < -0.3 is 24.3 Å². The van der Waals surface area contributed by atoms with E-state index in [4.69, 9.17) is 18.9 Å². The molecule has 1 aliphatic heterocycles. The van der Waals surface area contributed by atoms with E-state index in [2.05, 4.69) is 30.2 Å². The van der Waals surface area contributed by atoms with Crippen LogP contribution in [0.2, 0.25) is 0 Å². The van der Waals surface area contributed by atoms with Gasteiger partial charge in [0.2, 0.25) is 5.82 Å². The maximum atomic E-state index is 13.3. The number of carbonyl (C=O) groups is 1. The van der Waals surface area contributed by atoms with E-state index in [0.29, 0.717) is 52.2 Å². The number of rotatable bonds is 11. The molecule has 1 N–H and O–H groups in total. The number of hydrogen-bond donors (Lipinski definition) is 1. The third-order valence-electron chi connectivity index (χ3n) is 8.03. The third-order valence-corrected chi connectivity index (χ3v) is 8.03. The lowest BCUT2D eigenvalue weighted by Gasteiger charge is -2.26. The average Bonchev–Trinajstić information content (AvgIpc) is 3.14. The number of fused-ring (bicyclic) bond motifs is 2. The first-order chi connectivity index (χ1) is 23.6. The second kappa shape index (κ2) is 14.4. The maximum absolute atomic E-state index is 13.3. The van der Waals surface area contributed by atoms with Gasteiger partial charge in [-0.2, -0.15) is 0 Å². The van der Waals surface area contributed by atoms with Gasteiger partial charge in [-0.05, 0) is 36.8 Å². The van der Waals surface area contributed by atoms with E-state index in [1.54, 1.807) is 37.7 Å². The van der Waals surface area contributed by atoms with Crippen molar-refractivity contribution in [3.8, 4) is 34.3 Å². The molecule has 1 amide bonds. The van der Waals surface area contributed by atoms with E-state index in [9.17, 15) is 4.79 Å². The summed E-state index contributed by atoms with van der Waals surface area (Å²) in [6.45, 7) is 4.99. The number of aromatic nitrogens is 4. The largest absolute Gasteiger partial charge is 0.493 e. The minimum absolute atomic E-state index is 0.0485. The van der Waals surface area contributed by atoms with Crippen LogP contribution in [0.1, 0.15) is 17.0 Å². The minimum atomic E-state index is -0.467. The molecule has 1 fully saturated rings. The van der Waals surface area contributed by atoms with Gasteiger partial charge in [-0.3, -0.25) is 14.7 Å². The van der Waals surface area contributed by atoms with Crippen molar-refractivity contribution in [1.29, 1.82) is 0 Å². The van der Waals surface area contributed by atoms with Gasteiger partial charge in [0.15, 0.2) is 11.5 Å². The summed E-state index contributed by atoms with van der Waals surface area (Å²) in [4.78, 5) is 33.7. The Hall–Kier alpha value is -5.65. The number of benzene rings is 3. The van der Waals surface area contributed by atoms with Crippen molar-refractivity contribution in [2.24, 2.45) is 0 Å². The fourth-order valence-electron chi connectivity index (χ4n) is 5.59. The van der Waals surface area contributed by atoms with Crippen LogP contribution in [0.15, 0.2) is 97.3 Å². The standard InChI is InChI=1S/C37H34N6O5/c1-45-32-22-28-30(23-33(32)47-19-7-16-43-17-20-46-21-18-43)38-15-14-31(28)48-26-12-13-34(39-24-26)41-37(44)36-40-29-11-6-5-10-27(29)35(42-36)25-8-3-2-4-9-25/h2-6,8-15,22-24H,7,16-21H2,1H3,(H,39,41,44). The van der Waals surface area contributed by atoms with Crippen molar-refractivity contribution in [2.45, 2.75) is 6.42 Å². The molecule has 11 heteroatoms. The van der Waals surface area contributed by atoms with Crippen molar-refractivity contribution in [2.75, 3.05) is 51.9 Å². The monoisotopic (exact) mass is 642 g/mol. The van der Waals surface area contributed by atoms with Crippen molar-refractivity contribution in [3.05, 3.63) is 103 Å². The predicted octanol–water partition coefficient (Wildman–Crippen LogP) is 6.39. The number of methoxy groups -OCH3 is 1. The lowest BCUT2D eigenvalue weighted by molar-refractivity contribution is 0.0357. The number of nitrogens with zero attached hydrogens (tertiary/aromatic N) is 5. The summed E-state index contributed by atoms with van der Waals surface area (Å²) in [5.41, 5.74) is 2.97. The summed E-state index contributed by atoms with van der Waals surface area (Å²) in [7, 11) is 1.61. The van der Waals surface area contributed by atoms with Crippen LogP contribution in [-0.4, -0.2) is 77.3 Å². The van der Waals surface area contributed by atoms with Crippen molar-refractivity contribution in [3.63, 3.8) is 0 Å². The second-order valence-corrected chi connectivity index (χ2v) is 11.2. The lowest BCUT2D eigenvalue weighted by atomic mass is 10.1. The zero-order valence-electron chi connectivity index (χ0n) is 26.5. The van der Waals surface area contributed by atoms with Crippen LogP contribution in [0, 0.1) is 0 Å². The quantitative estimate of drug-likeness (QED) is 0.159. The highest BCUT2D eigenvalue weighted by Crippen LogP contribution is 2.37. The molecule has 4 heterocycles. The lowest BCUT2D eigenvalue weighted by Crippen LogP contribution is -2.37. The van der Waals surface area contributed by atoms with E-state index >= 15 is 0 Å². The molecule has 0 spiro atoms. The van der Waals surface area contributed by atoms with E-state index in [1.165, 1.54) is 0 Å². The van der Waals surface area contributed by atoms with Crippen molar-refractivity contribution < 1.29 is 23.7 Å². The molecule has 0 saturated carbocycles. The molecule has 11 nitrogen and oxygen atoms in total. The first kappa shape index (κ1) is 31.0. The molecule has 0 aliphatic carbocycles. The first-order valence-electron chi connectivity index (χ1n) is 15.8.